The molecule has 3 nitrogen and oxygen atoms in total. The van der Waals surface area contributed by atoms with Crippen molar-refractivity contribution in [3.8, 4) is 0 Å². The highest BCUT2D eigenvalue weighted by Crippen LogP contribution is 2.27. The molecule has 1 rings (SSSR count). The minimum absolute atomic E-state index is 0.0300. The predicted molar refractivity (Wildman–Crippen MR) is 79.7 cm³/mol. The van der Waals surface area contributed by atoms with Crippen LogP contribution in [0.4, 0.5) is 5.69 Å². The van der Waals surface area contributed by atoms with Crippen molar-refractivity contribution in [3.63, 3.8) is 0 Å². The normalized spacial score (nSPS) is 14.1. The predicted octanol–water partition coefficient (Wildman–Crippen LogP) is 4.96. The van der Waals surface area contributed by atoms with Crippen molar-refractivity contribution in [1.29, 1.82) is 0 Å². The first kappa shape index (κ1) is 16.0. The molecule has 19 heavy (non-hydrogen) atoms. The van der Waals surface area contributed by atoms with E-state index in [2.05, 4.69) is 13.8 Å². The topological polar surface area (TPSA) is 43.1 Å². The molecule has 0 fully saturated rings. The number of alkyl halides is 1. The number of nitrogens with zero attached hydrogens (tertiary/aromatic N) is 1. The van der Waals surface area contributed by atoms with Gasteiger partial charge in [0.15, 0.2) is 0 Å². The van der Waals surface area contributed by atoms with E-state index in [0.29, 0.717) is 12.3 Å². The van der Waals surface area contributed by atoms with Crippen molar-refractivity contribution in [2.24, 2.45) is 5.92 Å². The zero-order valence-corrected chi connectivity index (χ0v) is 12.4. The summed E-state index contributed by atoms with van der Waals surface area (Å²) in [6.45, 7) is 4.30. The van der Waals surface area contributed by atoms with Gasteiger partial charge in [-0.1, -0.05) is 51.3 Å². The average Bonchev–Trinajstić information content (AvgIpc) is 2.40. The van der Waals surface area contributed by atoms with Gasteiger partial charge in [0.05, 0.1) is 4.92 Å². The van der Waals surface area contributed by atoms with Gasteiger partial charge in [0.25, 0.3) is 5.69 Å². The summed E-state index contributed by atoms with van der Waals surface area (Å²) in [6.07, 6.45) is 5.02. The Morgan fingerprint density at radius 1 is 1.32 bits per heavy atom. The van der Waals surface area contributed by atoms with Gasteiger partial charge in [-0.25, -0.2) is 0 Å². The molecule has 0 heterocycles. The molecule has 0 N–H and O–H groups in total. The van der Waals surface area contributed by atoms with E-state index in [0.717, 1.165) is 24.8 Å². The summed E-state index contributed by atoms with van der Waals surface area (Å²) in [5, 5.41) is 10.9. The first-order valence-electron chi connectivity index (χ1n) is 6.96. The number of nitro benzene ring substituents is 1. The molecule has 0 saturated carbocycles. The molecular weight excluding hydrogens is 262 g/mol. The molecule has 1 aromatic carbocycles. The van der Waals surface area contributed by atoms with Crippen molar-refractivity contribution in [2.45, 2.75) is 51.3 Å². The Morgan fingerprint density at radius 2 is 2.00 bits per heavy atom. The van der Waals surface area contributed by atoms with Crippen LogP contribution in [0.1, 0.15) is 45.1 Å². The Labute approximate surface area is 120 Å². The molecule has 4 heteroatoms. The maximum Gasteiger partial charge on any atom is 0.272 e. The van der Waals surface area contributed by atoms with Gasteiger partial charge in [-0.2, -0.15) is 0 Å². The Balaban J connectivity index is 2.75. The summed E-state index contributed by atoms with van der Waals surface area (Å²) < 4.78 is 0. The Hall–Kier alpha value is -1.09. The number of para-hydroxylation sites is 1. The molecule has 2 unspecified atom stereocenters. The molecule has 0 aliphatic heterocycles. The summed E-state index contributed by atoms with van der Waals surface area (Å²) in [5.41, 5.74) is 0.918. The van der Waals surface area contributed by atoms with Gasteiger partial charge in [0, 0.05) is 17.0 Å². The van der Waals surface area contributed by atoms with E-state index in [4.69, 9.17) is 11.6 Å². The second-order valence-corrected chi connectivity index (χ2v) is 5.48. The number of hydrogen-bond acceptors (Lipinski definition) is 2. The zero-order chi connectivity index (χ0) is 14.3. The molecule has 0 aliphatic rings. The molecule has 0 aromatic heterocycles. The Morgan fingerprint density at radius 3 is 2.58 bits per heavy atom. The standard InChI is InChI=1S/C15H22ClNO2/c1-3-5-8-12(4-2)14(16)11-13-9-6-7-10-15(13)17(18)19/h6-7,9-10,12,14H,3-5,8,11H2,1-2H3. The van der Waals surface area contributed by atoms with E-state index >= 15 is 0 Å². The molecule has 0 spiro atoms. The lowest BCUT2D eigenvalue weighted by atomic mass is 9.91. The molecule has 0 radical (unpaired) electrons. The smallest absolute Gasteiger partial charge is 0.258 e. The lowest BCUT2D eigenvalue weighted by Crippen LogP contribution is -2.17. The largest absolute Gasteiger partial charge is 0.272 e. The molecule has 0 bridgehead atoms. The van der Waals surface area contributed by atoms with Gasteiger partial charge >= 0.3 is 0 Å². The molecule has 1 aromatic rings. The minimum Gasteiger partial charge on any atom is -0.258 e. The van der Waals surface area contributed by atoms with Crippen molar-refractivity contribution in [2.75, 3.05) is 0 Å². The Bertz CT molecular complexity index is 409. The number of hydrogen-bond donors (Lipinski definition) is 0. The van der Waals surface area contributed by atoms with E-state index in [-0.39, 0.29) is 16.0 Å². The van der Waals surface area contributed by atoms with Crippen molar-refractivity contribution in [1.82, 2.24) is 0 Å². The first-order valence-corrected chi connectivity index (χ1v) is 7.40. The highest BCUT2D eigenvalue weighted by molar-refractivity contribution is 6.20. The summed E-state index contributed by atoms with van der Waals surface area (Å²) in [5.74, 6) is 0.432. The number of unbranched alkanes of at least 4 members (excludes halogenated alkanes) is 1. The lowest BCUT2D eigenvalue weighted by Gasteiger charge is -2.20. The van der Waals surface area contributed by atoms with Crippen LogP contribution in [0, 0.1) is 16.0 Å². The summed E-state index contributed by atoms with van der Waals surface area (Å²) >= 11 is 6.47. The van der Waals surface area contributed by atoms with E-state index in [1.807, 2.05) is 6.07 Å². The van der Waals surface area contributed by atoms with E-state index in [9.17, 15) is 10.1 Å². The van der Waals surface area contributed by atoms with Crippen molar-refractivity contribution >= 4 is 17.3 Å². The fourth-order valence-electron chi connectivity index (χ4n) is 2.35. The fraction of sp³-hybridized carbons (Fsp3) is 0.600. The van der Waals surface area contributed by atoms with Crippen LogP contribution in [-0.2, 0) is 6.42 Å². The van der Waals surface area contributed by atoms with Gasteiger partial charge < -0.3 is 0 Å². The third kappa shape index (κ3) is 4.83. The van der Waals surface area contributed by atoms with E-state index < -0.39 is 0 Å². The third-order valence-corrected chi connectivity index (χ3v) is 4.08. The quantitative estimate of drug-likeness (QED) is 0.384. The minimum atomic E-state index is -0.327. The van der Waals surface area contributed by atoms with Crippen LogP contribution in [0.2, 0.25) is 0 Å². The second kappa shape index (κ2) is 8.16. The number of halogens is 1. The van der Waals surface area contributed by atoms with Crippen LogP contribution in [0.15, 0.2) is 24.3 Å². The van der Waals surface area contributed by atoms with Crippen LogP contribution in [0.25, 0.3) is 0 Å². The molecule has 0 amide bonds. The van der Waals surface area contributed by atoms with Crippen LogP contribution in [0.5, 0.6) is 0 Å². The van der Waals surface area contributed by atoms with Crippen molar-refractivity contribution in [3.05, 3.63) is 39.9 Å². The maximum atomic E-state index is 11.0. The summed E-state index contributed by atoms with van der Waals surface area (Å²) in [4.78, 5) is 10.6. The zero-order valence-electron chi connectivity index (χ0n) is 11.6. The van der Waals surface area contributed by atoms with Crippen LogP contribution >= 0.6 is 11.6 Å². The van der Waals surface area contributed by atoms with E-state index in [1.165, 1.54) is 6.42 Å². The van der Waals surface area contributed by atoms with Gasteiger partial charge in [-0.05, 0) is 18.8 Å². The maximum absolute atomic E-state index is 11.0. The van der Waals surface area contributed by atoms with Crippen molar-refractivity contribution < 1.29 is 4.92 Å². The summed E-state index contributed by atoms with van der Waals surface area (Å²) in [6, 6.07) is 6.88. The molecule has 2 atom stereocenters. The van der Waals surface area contributed by atoms with Crippen LogP contribution in [0.3, 0.4) is 0 Å². The summed E-state index contributed by atoms with van der Waals surface area (Å²) in [7, 11) is 0. The van der Waals surface area contributed by atoms with Gasteiger partial charge in [0.2, 0.25) is 0 Å². The van der Waals surface area contributed by atoms with E-state index in [1.54, 1.807) is 18.2 Å². The molecule has 0 aliphatic carbocycles. The number of rotatable bonds is 8. The van der Waals surface area contributed by atoms with Crippen LogP contribution in [-0.4, -0.2) is 10.3 Å². The average molecular weight is 284 g/mol. The number of benzene rings is 1. The fourth-order valence-corrected chi connectivity index (χ4v) is 2.82. The first-order chi connectivity index (χ1) is 9.10. The monoisotopic (exact) mass is 283 g/mol. The second-order valence-electron chi connectivity index (χ2n) is 4.92. The molecule has 0 saturated heterocycles. The van der Waals surface area contributed by atoms with Gasteiger partial charge in [0.1, 0.15) is 0 Å². The highest BCUT2D eigenvalue weighted by Gasteiger charge is 2.21. The molecule has 106 valence electrons. The molecular formula is C15H22ClNO2. The third-order valence-electron chi connectivity index (χ3n) is 3.57. The van der Waals surface area contributed by atoms with Gasteiger partial charge in [-0.3, -0.25) is 10.1 Å². The van der Waals surface area contributed by atoms with Crippen LogP contribution < -0.4 is 0 Å². The highest BCUT2D eigenvalue weighted by atomic mass is 35.5. The van der Waals surface area contributed by atoms with Gasteiger partial charge in [-0.15, -0.1) is 11.6 Å². The lowest BCUT2D eigenvalue weighted by molar-refractivity contribution is -0.385. The SMILES string of the molecule is CCCCC(CC)C(Cl)Cc1ccccc1[N+](=O)[O-]. The number of nitro groups is 1. The Kier molecular flexibility index (Phi) is 6.85.